The highest BCUT2D eigenvalue weighted by Crippen LogP contribution is 2.29. The molecule has 0 unspecified atom stereocenters. The molecule has 2 heterocycles. The lowest BCUT2D eigenvalue weighted by atomic mass is 10.1. The third-order valence-corrected chi connectivity index (χ3v) is 4.30. The molecule has 2 aromatic rings. The van der Waals surface area contributed by atoms with E-state index in [4.69, 9.17) is 4.74 Å². The highest BCUT2D eigenvalue weighted by Gasteiger charge is 2.31. The number of aromatic amines is 1. The number of hydrogen-bond donors (Lipinski definition) is 2. The Morgan fingerprint density at radius 1 is 1.22 bits per heavy atom. The number of pyridine rings is 1. The summed E-state index contributed by atoms with van der Waals surface area (Å²) in [6, 6.07) is 5.61. The molecule has 1 aliphatic heterocycles. The normalized spacial score (nSPS) is 14.9. The largest absolute Gasteiger partial charge is 0.417 e. The molecule has 1 aromatic heterocycles. The minimum atomic E-state index is -4.63. The Kier molecular flexibility index (Phi) is 5.22. The number of aryl methyl sites for hydroxylation is 1. The number of rotatable bonds is 3. The minimum absolute atomic E-state index is 0.249. The molecule has 0 aliphatic carbocycles. The van der Waals surface area contributed by atoms with Crippen LogP contribution in [0.15, 0.2) is 35.3 Å². The number of halogens is 3. The number of amides is 1. The molecule has 144 valence electrons. The van der Waals surface area contributed by atoms with Crippen LogP contribution >= 0.6 is 0 Å². The minimum Gasteiger partial charge on any atom is -0.378 e. The molecule has 27 heavy (non-hydrogen) atoms. The smallest absolute Gasteiger partial charge is 0.378 e. The van der Waals surface area contributed by atoms with E-state index in [2.05, 4.69) is 10.2 Å². The number of benzene rings is 1. The molecule has 0 saturated carbocycles. The quantitative estimate of drug-likeness (QED) is 0.858. The van der Waals surface area contributed by atoms with E-state index in [1.165, 1.54) is 0 Å². The van der Waals surface area contributed by atoms with Crippen molar-refractivity contribution < 1.29 is 22.7 Å². The fraction of sp³-hybridized carbons (Fsp3) is 0.333. The molecule has 1 aromatic carbocycles. The molecule has 2 N–H and O–H groups in total. The van der Waals surface area contributed by atoms with Gasteiger partial charge in [-0.05, 0) is 30.7 Å². The molecule has 1 aliphatic rings. The highest BCUT2D eigenvalue weighted by molar-refractivity contribution is 6.04. The summed E-state index contributed by atoms with van der Waals surface area (Å²) in [6.07, 6.45) is -4.06. The predicted molar refractivity (Wildman–Crippen MR) is 94.2 cm³/mol. The number of hydrogen-bond acceptors (Lipinski definition) is 4. The number of anilines is 2. The average Bonchev–Trinajstić information content (AvgIpc) is 2.63. The molecular weight excluding hydrogens is 363 g/mol. The second-order valence-corrected chi connectivity index (χ2v) is 6.18. The molecule has 1 amide bonds. The monoisotopic (exact) mass is 381 g/mol. The van der Waals surface area contributed by atoms with Gasteiger partial charge in [0, 0.05) is 30.5 Å². The number of H-pyrrole nitrogens is 1. The zero-order chi connectivity index (χ0) is 19.6. The maximum atomic E-state index is 12.8. The van der Waals surface area contributed by atoms with Gasteiger partial charge in [-0.25, -0.2) is 0 Å². The van der Waals surface area contributed by atoms with Crippen LogP contribution in [0.25, 0.3) is 0 Å². The van der Waals surface area contributed by atoms with Crippen LogP contribution in [0.2, 0.25) is 0 Å². The molecule has 0 spiro atoms. The second-order valence-electron chi connectivity index (χ2n) is 6.18. The Morgan fingerprint density at radius 2 is 1.93 bits per heavy atom. The molecule has 9 heteroatoms. The summed E-state index contributed by atoms with van der Waals surface area (Å²) >= 11 is 0. The van der Waals surface area contributed by atoms with Crippen molar-refractivity contribution in [2.45, 2.75) is 13.1 Å². The first kappa shape index (κ1) is 19.0. The first-order chi connectivity index (χ1) is 12.8. The fourth-order valence-corrected chi connectivity index (χ4v) is 2.83. The maximum Gasteiger partial charge on any atom is 0.417 e. The van der Waals surface area contributed by atoms with Crippen molar-refractivity contribution >= 4 is 17.3 Å². The van der Waals surface area contributed by atoms with Gasteiger partial charge in [-0.1, -0.05) is 6.07 Å². The summed E-state index contributed by atoms with van der Waals surface area (Å²) in [5.74, 6) is -0.658. The number of alkyl halides is 3. The fourth-order valence-electron chi connectivity index (χ4n) is 2.83. The molecule has 0 atom stereocenters. The molecule has 1 saturated heterocycles. The van der Waals surface area contributed by atoms with E-state index in [1.807, 2.05) is 11.9 Å². The lowest BCUT2D eigenvalue weighted by molar-refractivity contribution is -0.137. The standard InChI is InChI=1S/C18H18F3N3O3/c1-11-2-3-12(8-15(11)24-4-6-27-7-5-24)16(25)23-14-9-13(18(19,20)21)10-22-17(14)26/h2-3,8-10H,4-7H2,1H3,(H,22,26)(H,23,25). The van der Waals surface area contributed by atoms with Crippen molar-refractivity contribution in [2.75, 3.05) is 36.5 Å². The highest BCUT2D eigenvalue weighted by atomic mass is 19.4. The lowest BCUT2D eigenvalue weighted by Crippen LogP contribution is -2.36. The van der Waals surface area contributed by atoms with Gasteiger partial charge in [-0.2, -0.15) is 13.2 Å². The average molecular weight is 381 g/mol. The van der Waals surface area contributed by atoms with Crippen LogP contribution in [0.3, 0.4) is 0 Å². The maximum absolute atomic E-state index is 12.8. The van der Waals surface area contributed by atoms with Crippen molar-refractivity contribution in [1.82, 2.24) is 4.98 Å². The van der Waals surface area contributed by atoms with Crippen LogP contribution in [0.4, 0.5) is 24.5 Å². The van der Waals surface area contributed by atoms with Crippen molar-refractivity contribution in [3.8, 4) is 0 Å². The van der Waals surface area contributed by atoms with E-state index in [1.54, 1.807) is 18.2 Å². The van der Waals surface area contributed by atoms with Gasteiger partial charge in [0.25, 0.3) is 11.5 Å². The second kappa shape index (κ2) is 7.43. The van der Waals surface area contributed by atoms with Crippen LogP contribution < -0.4 is 15.8 Å². The summed E-state index contributed by atoms with van der Waals surface area (Å²) < 4.78 is 43.8. The number of ether oxygens (including phenoxy) is 1. The van der Waals surface area contributed by atoms with E-state index in [0.29, 0.717) is 38.6 Å². The topological polar surface area (TPSA) is 74.4 Å². The number of nitrogens with one attached hydrogen (secondary N) is 2. The van der Waals surface area contributed by atoms with E-state index >= 15 is 0 Å². The molecular formula is C18H18F3N3O3. The van der Waals surface area contributed by atoms with Gasteiger partial charge in [-0.3, -0.25) is 9.59 Å². The van der Waals surface area contributed by atoms with Gasteiger partial charge < -0.3 is 19.9 Å². The summed E-state index contributed by atoms with van der Waals surface area (Å²) in [5.41, 5.74) is -0.247. The lowest BCUT2D eigenvalue weighted by Gasteiger charge is -2.30. The van der Waals surface area contributed by atoms with Crippen LogP contribution in [-0.2, 0) is 10.9 Å². The van der Waals surface area contributed by atoms with Crippen molar-refractivity contribution in [3.05, 3.63) is 57.5 Å². The predicted octanol–water partition coefficient (Wildman–Crippen LogP) is 2.79. The summed E-state index contributed by atoms with van der Waals surface area (Å²) in [6.45, 7) is 4.42. The Hall–Kier alpha value is -2.81. The van der Waals surface area contributed by atoms with Crippen LogP contribution in [0, 0.1) is 6.92 Å². The molecule has 6 nitrogen and oxygen atoms in total. The number of carbonyl (C=O) groups is 1. The van der Waals surface area contributed by atoms with Gasteiger partial charge in [0.2, 0.25) is 0 Å². The third kappa shape index (κ3) is 4.30. The van der Waals surface area contributed by atoms with Crippen molar-refractivity contribution in [2.24, 2.45) is 0 Å². The first-order valence-corrected chi connectivity index (χ1v) is 8.30. The molecule has 0 radical (unpaired) electrons. The molecule has 1 fully saturated rings. The zero-order valence-electron chi connectivity index (χ0n) is 14.5. The van der Waals surface area contributed by atoms with Crippen molar-refractivity contribution in [1.29, 1.82) is 0 Å². The summed E-state index contributed by atoms with van der Waals surface area (Å²) in [7, 11) is 0. The van der Waals surface area contributed by atoms with Crippen molar-refractivity contribution in [3.63, 3.8) is 0 Å². The number of aromatic nitrogens is 1. The Bertz CT molecular complexity index is 903. The van der Waals surface area contributed by atoms with Crippen LogP contribution in [0.5, 0.6) is 0 Å². The van der Waals surface area contributed by atoms with Gasteiger partial charge >= 0.3 is 6.18 Å². The number of morpholine rings is 1. The Labute approximate surface area is 152 Å². The summed E-state index contributed by atoms with van der Waals surface area (Å²) in [5, 5.41) is 2.26. The van der Waals surface area contributed by atoms with E-state index in [-0.39, 0.29) is 5.56 Å². The summed E-state index contributed by atoms with van der Waals surface area (Å²) in [4.78, 5) is 28.3. The number of nitrogens with zero attached hydrogens (tertiary/aromatic N) is 1. The number of carbonyl (C=O) groups excluding carboxylic acids is 1. The Morgan fingerprint density at radius 3 is 2.59 bits per heavy atom. The van der Waals surface area contributed by atoms with E-state index < -0.39 is 28.9 Å². The third-order valence-electron chi connectivity index (χ3n) is 4.30. The van der Waals surface area contributed by atoms with Gasteiger partial charge in [0.1, 0.15) is 5.69 Å². The van der Waals surface area contributed by atoms with E-state index in [9.17, 15) is 22.8 Å². The van der Waals surface area contributed by atoms with Gasteiger partial charge in [0.05, 0.1) is 18.8 Å². The van der Waals surface area contributed by atoms with E-state index in [0.717, 1.165) is 11.3 Å². The molecule has 3 rings (SSSR count). The van der Waals surface area contributed by atoms with Crippen LogP contribution in [0.1, 0.15) is 21.5 Å². The van der Waals surface area contributed by atoms with Gasteiger partial charge in [0.15, 0.2) is 0 Å². The van der Waals surface area contributed by atoms with Gasteiger partial charge in [-0.15, -0.1) is 0 Å². The zero-order valence-corrected chi connectivity index (χ0v) is 14.5. The SMILES string of the molecule is Cc1ccc(C(=O)Nc2cc(C(F)(F)F)c[nH]c2=O)cc1N1CCOCC1. The first-order valence-electron chi connectivity index (χ1n) is 8.30. The van der Waals surface area contributed by atoms with Crippen LogP contribution in [-0.4, -0.2) is 37.2 Å². The molecule has 0 bridgehead atoms. The Balaban J connectivity index is 1.86.